The summed E-state index contributed by atoms with van der Waals surface area (Å²) in [5, 5.41) is 11.3. The van der Waals surface area contributed by atoms with Crippen molar-refractivity contribution in [2.75, 3.05) is 5.32 Å². The van der Waals surface area contributed by atoms with Crippen molar-refractivity contribution in [2.45, 2.75) is 45.8 Å². The molecule has 2 amide bonds. The Labute approximate surface area is 142 Å². The summed E-state index contributed by atoms with van der Waals surface area (Å²) in [5.41, 5.74) is 2.01. The Kier molecular flexibility index (Phi) is 6.62. The summed E-state index contributed by atoms with van der Waals surface area (Å²) in [6.45, 7) is 6.88. The van der Waals surface area contributed by atoms with Gasteiger partial charge in [0, 0.05) is 29.2 Å². The van der Waals surface area contributed by atoms with E-state index in [4.69, 9.17) is 0 Å². The first-order valence-electron chi connectivity index (χ1n) is 8.01. The Hall–Kier alpha value is -1.85. The van der Waals surface area contributed by atoms with Crippen LogP contribution in [-0.2, 0) is 6.54 Å². The lowest BCUT2D eigenvalue weighted by Crippen LogP contribution is -2.34. The number of carbonyl (C=O) groups is 1. The maximum Gasteiger partial charge on any atom is 0.319 e. The minimum atomic E-state index is -0.172. The third kappa shape index (κ3) is 5.69. The van der Waals surface area contributed by atoms with Crippen molar-refractivity contribution >= 4 is 23.1 Å². The molecule has 124 valence electrons. The van der Waals surface area contributed by atoms with Crippen LogP contribution in [-0.4, -0.2) is 12.1 Å². The smallest absolute Gasteiger partial charge is 0.319 e. The molecule has 5 heteroatoms. The highest BCUT2D eigenvalue weighted by Gasteiger charge is 2.09. The first-order valence-corrected chi connectivity index (χ1v) is 8.89. The fourth-order valence-corrected chi connectivity index (χ4v) is 3.20. The molecular formula is C18H25N3OS. The molecule has 1 atom stereocenters. The number of nitrogens with one attached hydrogen (secondary N) is 3. The second-order valence-corrected chi connectivity index (χ2v) is 6.79. The van der Waals surface area contributed by atoms with Gasteiger partial charge in [-0.15, -0.1) is 11.3 Å². The number of rotatable bonds is 7. The summed E-state index contributed by atoms with van der Waals surface area (Å²) in [7, 11) is 0. The van der Waals surface area contributed by atoms with Gasteiger partial charge in [0.25, 0.3) is 0 Å². The van der Waals surface area contributed by atoms with E-state index in [9.17, 15) is 4.79 Å². The molecule has 0 radical (unpaired) electrons. The molecule has 0 bridgehead atoms. The number of hydrogen-bond donors (Lipinski definition) is 3. The van der Waals surface area contributed by atoms with Gasteiger partial charge in [-0.3, -0.25) is 0 Å². The van der Waals surface area contributed by atoms with E-state index in [-0.39, 0.29) is 12.1 Å². The highest BCUT2D eigenvalue weighted by atomic mass is 32.1. The van der Waals surface area contributed by atoms with Gasteiger partial charge in [0.2, 0.25) is 0 Å². The van der Waals surface area contributed by atoms with Crippen LogP contribution in [0.4, 0.5) is 10.5 Å². The summed E-state index contributed by atoms with van der Waals surface area (Å²) in [4.78, 5) is 13.0. The Bertz CT molecular complexity index is 593. The molecule has 1 heterocycles. The Morgan fingerprint density at radius 3 is 2.48 bits per heavy atom. The van der Waals surface area contributed by atoms with Crippen LogP contribution >= 0.6 is 11.3 Å². The predicted molar refractivity (Wildman–Crippen MR) is 97.9 cm³/mol. The third-order valence-corrected chi connectivity index (χ3v) is 4.47. The second-order valence-electron chi connectivity index (χ2n) is 5.81. The Morgan fingerprint density at radius 2 is 1.91 bits per heavy atom. The highest BCUT2D eigenvalue weighted by Crippen LogP contribution is 2.22. The molecule has 1 unspecified atom stereocenters. The van der Waals surface area contributed by atoms with E-state index in [1.165, 1.54) is 10.4 Å². The van der Waals surface area contributed by atoms with Gasteiger partial charge in [0.1, 0.15) is 0 Å². The van der Waals surface area contributed by atoms with Crippen LogP contribution in [0.1, 0.15) is 43.7 Å². The first-order chi connectivity index (χ1) is 11.1. The Balaban J connectivity index is 1.86. The van der Waals surface area contributed by atoms with Gasteiger partial charge in [-0.1, -0.05) is 25.1 Å². The standard InChI is InChI=1S/C18H25N3OS/c1-4-16(17-6-5-11-23-17)19-12-14-7-9-15(10-8-14)21-18(22)20-13(2)3/h5-11,13,16,19H,4,12H2,1-3H3,(H2,20,21,22). The van der Waals surface area contributed by atoms with Crippen LogP contribution in [0, 0.1) is 0 Å². The zero-order chi connectivity index (χ0) is 16.7. The van der Waals surface area contributed by atoms with Crippen molar-refractivity contribution in [1.29, 1.82) is 0 Å². The molecule has 2 rings (SSSR count). The molecule has 3 N–H and O–H groups in total. The largest absolute Gasteiger partial charge is 0.336 e. The number of carbonyl (C=O) groups excluding carboxylic acids is 1. The van der Waals surface area contributed by atoms with Crippen molar-refractivity contribution < 1.29 is 4.79 Å². The van der Waals surface area contributed by atoms with E-state index in [0.717, 1.165) is 18.7 Å². The molecule has 0 aliphatic heterocycles. The van der Waals surface area contributed by atoms with Gasteiger partial charge >= 0.3 is 6.03 Å². The quantitative estimate of drug-likeness (QED) is 0.699. The van der Waals surface area contributed by atoms with E-state index in [1.807, 2.05) is 38.1 Å². The average Bonchev–Trinajstić information content (AvgIpc) is 3.03. The van der Waals surface area contributed by atoms with Crippen molar-refractivity contribution in [3.8, 4) is 0 Å². The lowest BCUT2D eigenvalue weighted by molar-refractivity contribution is 0.250. The fourth-order valence-electron chi connectivity index (χ4n) is 2.31. The molecule has 0 spiro atoms. The second kappa shape index (κ2) is 8.70. The van der Waals surface area contributed by atoms with Gasteiger partial charge in [-0.2, -0.15) is 0 Å². The summed E-state index contributed by atoms with van der Waals surface area (Å²) in [6, 6.07) is 12.6. The molecule has 4 nitrogen and oxygen atoms in total. The maximum absolute atomic E-state index is 11.7. The summed E-state index contributed by atoms with van der Waals surface area (Å²) < 4.78 is 0. The molecule has 1 aromatic heterocycles. The van der Waals surface area contributed by atoms with Gasteiger partial charge in [-0.05, 0) is 49.4 Å². The lowest BCUT2D eigenvalue weighted by Gasteiger charge is -2.16. The summed E-state index contributed by atoms with van der Waals surface area (Å²) in [5.74, 6) is 0. The van der Waals surface area contributed by atoms with Crippen LogP contribution in [0.2, 0.25) is 0 Å². The molecule has 0 saturated carbocycles. The molecule has 2 aromatic rings. The number of amides is 2. The number of anilines is 1. The van der Waals surface area contributed by atoms with E-state index in [2.05, 4.69) is 40.4 Å². The minimum absolute atomic E-state index is 0.127. The molecular weight excluding hydrogens is 306 g/mol. The molecule has 1 aromatic carbocycles. The summed E-state index contributed by atoms with van der Waals surface area (Å²) >= 11 is 1.79. The zero-order valence-corrected chi connectivity index (χ0v) is 14.7. The number of hydrogen-bond acceptors (Lipinski definition) is 3. The number of benzene rings is 1. The molecule has 0 saturated heterocycles. The Morgan fingerprint density at radius 1 is 1.17 bits per heavy atom. The lowest BCUT2D eigenvalue weighted by atomic mass is 10.1. The van der Waals surface area contributed by atoms with E-state index in [1.54, 1.807) is 11.3 Å². The average molecular weight is 331 g/mol. The maximum atomic E-state index is 11.7. The topological polar surface area (TPSA) is 53.2 Å². The monoisotopic (exact) mass is 331 g/mol. The van der Waals surface area contributed by atoms with Crippen LogP contribution in [0.3, 0.4) is 0 Å². The predicted octanol–water partition coefficient (Wildman–Crippen LogP) is 4.52. The fraction of sp³-hybridized carbons (Fsp3) is 0.389. The number of urea groups is 1. The van der Waals surface area contributed by atoms with Crippen molar-refractivity contribution in [3.63, 3.8) is 0 Å². The molecule has 23 heavy (non-hydrogen) atoms. The molecule has 0 aliphatic carbocycles. The van der Waals surface area contributed by atoms with E-state index in [0.29, 0.717) is 6.04 Å². The normalized spacial score (nSPS) is 12.2. The molecule has 0 fully saturated rings. The van der Waals surface area contributed by atoms with Crippen molar-refractivity contribution in [2.24, 2.45) is 0 Å². The summed E-state index contributed by atoms with van der Waals surface area (Å²) in [6.07, 6.45) is 1.07. The highest BCUT2D eigenvalue weighted by molar-refractivity contribution is 7.10. The number of thiophene rings is 1. The van der Waals surface area contributed by atoms with Crippen molar-refractivity contribution in [3.05, 3.63) is 52.2 Å². The first kappa shape index (κ1) is 17.5. The minimum Gasteiger partial charge on any atom is -0.336 e. The van der Waals surface area contributed by atoms with Gasteiger partial charge in [-0.25, -0.2) is 4.79 Å². The molecule has 0 aliphatic rings. The van der Waals surface area contributed by atoms with Crippen LogP contribution in [0.5, 0.6) is 0 Å². The van der Waals surface area contributed by atoms with Gasteiger partial charge in [0.05, 0.1) is 0 Å². The van der Waals surface area contributed by atoms with Gasteiger partial charge < -0.3 is 16.0 Å². The third-order valence-electron chi connectivity index (χ3n) is 3.48. The van der Waals surface area contributed by atoms with Crippen LogP contribution < -0.4 is 16.0 Å². The van der Waals surface area contributed by atoms with Crippen LogP contribution in [0.25, 0.3) is 0 Å². The zero-order valence-electron chi connectivity index (χ0n) is 13.9. The van der Waals surface area contributed by atoms with Gasteiger partial charge in [0.15, 0.2) is 0 Å². The van der Waals surface area contributed by atoms with Crippen molar-refractivity contribution in [1.82, 2.24) is 10.6 Å². The van der Waals surface area contributed by atoms with E-state index >= 15 is 0 Å². The van der Waals surface area contributed by atoms with E-state index < -0.39 is 0 Å². The SMILES string of the molecule is CCC(NCc1ccc(NC(=O)NC(C)C)cc1)c1cccs1. The van der Waals surface area contributed by atoms with Crippen LogP contribution in [0.15, 0.2) is 41.8 Å².